The molecule has 18 N–H and O–H groups in total. The van der Waals surface area contributed by atoms with Gasteiger partial charge in [0.2, 0.25) is 29.3 Å². The van der Waals surface area contributed by atoms with Crippen LogP contribution in [0, 0.1) is 15.5 Å². The normalized spacial score (nSPS) is 32.3. The summed E-state index contributed by atoms with van der Waals surface area (Å²) in [5.41, 5.74) is 11.1. The van der Waals surface area contributed by atoms with E-state index in [1.165, 1.54) is 18.1 Å². The van der Waals surface area contributed by atoms with Gasteiger partial charge in [0.05, 0.1) is 49.7 Å². The molecule has 45 nitrogen and oxygen atoms in total. The van der Waals surface area contributed by atoms with Gasteiger partial charge in [-0.3, -0.25) is 47.9 Å². The summed E-state index contributed by atoms with van der Waals surface area (Å²) >= 11 is 0. The van der Waals surface area contributed by atoms with Gasteiger partial charge in [-0.1, -0.05) is 73.1 Å². The third-order valence-corrected chi connectivity index (χ3v) is 21.4. The average molecular weight is 1760 g/mol. The molecule has 1 aromatic heterocycles. The van der Waals surface area contributed by atoms with Gasteiger partial charge in [-0.15, -0.1) is 5.10 Å². The zero-order valence-corrected chi connectivity index (χ0v) is 69.5. The number of phosphoric acid groups is 1. The highest BCUT2D eigenvalue weighted by Crippen LogP contribution is 2.49. The molecule has 5 aliphatic heterocycles. The van der Waals surface area contributed by atoms with E-state index in [0.29, 0.717) is 12.8 Å². The topological polar surface area (TPSA) is 676 Å². The number of benzene rings is 1. The number of carboxylic acid groups (broad SMARTS) is 1. The maximum Gasteiger partial charge on any atom is 0.474 e. The van der Waals surface area contributed by atoms with Gasteiger partial charge >= 0.3 is 19.9 Å². The monoisotopic (exact) mass is 1760 g/mol. The quantitative estimate of drug-likeness (QED) is 0.00730. The van der Waals surface area contributed by atoms with Crippen LogP contribution in [0.2, 0.25) is 0 Å². The minimum absolute atomic E-state index is 0.0406. The lowest BCUT2D eigenvalue weighted by Gasteiger charge is -2.52. The van der Waals surface area contributed by atoms with E-state index in [-0.39, 0.29) is 30.5 Å². The van der Waals surface area contributed by atoms with E-state index in [1.807, 2.05) is 6.08 Å². The molecule has 1 aromatic carbocycles. The predicted molar refractivity (Wildman–Crippen MR) is 413 cm³/mol. The van der Waals surface area contributed by atoms with E-state index in [9.17, 15) is 114 Å². The second-order valence-electron chi connectivity index (χ2n) is 31.1. The van der Waals surface area contributed by atoms with Gasteiger partial charge in [0.15, 0.2) is 68.0 Å². The first-order valence-electron chi connectivity index (χ1n) is 38.8. The second kappa shape index (κ2) is 45.1. The van der Waals surface area contributed by atoms with Crippen LogP contribution < -0.4 is 22.1 Å². The van der Waals surface area contributed by atoms with Crippen molar-refractivity contribution in [2.45, 2.75) is 280 Å². The van der Waals surface area contributed by atoms with Crippen molar-refractivity contribution in [3.63, 3.8) is 0 Å². The molecule has 0 radical (unpaired) electrons. The molecule has 4 amide bonds. The van der Waals surface area contributed by atoms with Crippen LogP contribution in [0.1, 0.15) is 154 Å². The number of nitrogens with zero attached hydrogens (tertiary/aromatic N) is 4. The number of carboxylic acids is 1. The van der Waals surface area contributed by atoms with Crippen LogP contribution in [0.25, 0.3) is 5.69 Å². The molecule has 46 heteroatoms. The third kappa shape index (κ3) is 27.1. The van der Waals surface area contributed by atoms with Gasteiger partial charge in [0.1, 0.15) is 97.0 Å². The first-order valence-corrected chi connectivity index (χ1v) is 40.3. The molecule has 7 rings (SSSR count). The Labute approximate surface area is 699 Å². The fourth-order valence-corrected chi connectivity index (χ4v) is 14.5. The Hall–Kier alpha value is -8.27. The maximum atomic E-state index is 14.2. The molecule has 0 aliphatic carbocycles. The van der Waals surface area contributed by atoms with Crippen molar-refractivity contribution in [3.05, 3.63) is 105 Å². The van der Waals surface area contributed by atoms with Crippen LogP contribution in [-0.4, -0.2) is 315 Å². The number of nitrogens with one attached hydrogen (secondary N) is 2. The lowest BCUT2D eigenvalue weighted by molar-refractivity contribution is -0.384. The van der Waals surface area contributed by atoms with Crippen molar-refractivity contribution >= 4 is 61.8 Å². The molecular weight excluding hydrogens is 1650 g/mol. The molecule has 2 aromatic rings. The van der Waals surface area contributed by atoms with Crippen LogP contribution in [0.4, 0.5) is 10.5 Å². The zero-order valence-electron chi connectivity index (χ0n) is 68.6. The molecule has 5 fully saturated rings. The molecule has 5 saturated heterocycles. The van der Waals surface area contributed by atoms with E-state index < -0.39 is 263 Å². The Morgan fingerprint density at radius 3 is 1.98 bits per heavy atom. The van der Waals surface area contributed by atoms with E-state index in [0.717, 1.165) is 86.9 Å². The smallest absolute Gasteiger partial charge is 0.474 e. The lowest BCUT2D eigenvalue weighted by atomic mass is 9.85. The SMILES string of the molecule is C=C(C/C=C(\C)CCC=C(C)C)CCC(C)(C)/C=C/CC/C(C)=C/COC(COP(=O)(O)OC1OC(C(N)=O)C(C)(O)C(OC(N)=O)C1OC1OC(COC2OC(CO)C(O)C(O)C2O)C(OC2OC(C)C(OC3OC(c4nc(C(=O)CCOC=O)nn4-c4ccc([N+](=O)[O-])cc4C=O)C(O)C(O)C3O)C(O)C2NC(C)=O)C(O)C1NC(C)=O)C(=O)O. The molecule has 0 bridgehead atoms. The van der Waals surface area contributed by atoms with Gasteiger partial charge < -0.3 is 140 Å². The molecule has 122 heavy (non-hydrogen) atoms. The number of phosphoric ester groups is 1. The molecule has 6 heterocycles. The van der Waals surface area contributed by atoms with E-state index in [2.05, 4.69) is 84.9 Å². The number of aromatic nitrogens is 3. The van der Waals surface area contributed by atoms with Gasteiger partial charge in [-0.25, -0.2) is 23.8 Å². The number of hydrogen-bond donors (Lipinski definition) is 16. The first-order chi connectivity index (χ1) is 57.2. The van der Waals surface area contributed by atoms with Crippen molar-refractivity contribution in [1.82, 2.24) is 25.4 Å². The number of carbonyl (C=O) groups excluding carboxylic acids is 7. The number of aliphatic hydroxyl groups excluding tert-OH is 9. The number of aliphatic carboxylic acids is 1. The molecular formula is C76H111N8O37P. The van der Waals surface area contributed by atoms with Crippen LogP contribution in [0.15, 0.2) is 77.5 Å². The summed E-state index contributed by atoms with van der Waals surface area (Å²) < 4.78 is 95.4. The highest BCUT2D eigenvalue weighted by Gasteiger charge is 2.63. The Kier molecular flexibility index (Phi) is 37.2. The number of primary amides is 2. The third-order valence-electron chi connectivity index (χ3n) is 20.5. The van der Waals surface area contributed by atoms with Crippen molar-refractivity contribution < 1.29 is 175 Å². The summed E-state index contributed by atoms with van der Waals surface area (Å²) in [7, 11) is -5.89. The lowest BCUT2D eigenvalue weighted by Crippen LogP contribution is -2.72. The number of nitro benzene ring substituents is 1. The minimum Gasteiger partial charge on any atom is -0.479 e. The average Bonchev–Trinajstić information content (AvgIpc) is 0.754. The van der Waals surface area contributed by atoms with Crippen LogP contribution in [0.3, 0.4) is 0 Å². The van der Waals surface area contributed by atoms with E-state index in [1.54, 1.807) is 13.0 Å². The highest BCUT2D eigenvalue weighted by atomic mass is 31.2. The zero-order chi connectivity index (χ0) is 90.7. The van der Waals surface area contributed by atoms with E-state index >= 15 is 0 Å². The number of aliphatic hydroxyl groups is 10. The number of hydrogen-bond acceptors (Lipinski definition) is 37. The number of non-ortho nitro benzene ring substituents is 1. The molecule has 5 aliphatic rings. The van der Waals surface area contributed by atoms with Crippen molar-refractivity contribution in [3.8, 4) is 5.69 Å². The Balaban J connectivity index is 1.16. The van der Waals surface area contributed by atoms with E-state index in [4.69, 9.17) is 72.6 Å². The van der Waals surface area contributed by atoms with Gasteiger partial charge in [-0.05, 0) is 98.0 Å². The summed E-state index contributed by atoms with van der Waals surface area (Å²) in [6.07, 6.45) is -36.8. The Morgan fingerprint density at radius 2 is 1.37 bits per heavy atom. The molecule has 0 saturated carbocycles. The first kappa shape index (κ1) is 101. The van der Waals surface area contributed by atoms with Crippen LogP contribution in [-0.2, 0) is 94.4 Å². The maximum absolute atomic E-state index is 14.2. The summed E-state index contributed by atoms with van der Waals surface area (Å²) in [6, 6.07) is -1.36. The number of ether oxygens (including phenoxy) is 12. The van der Waals surface area contributed by atoms with Crippen molar-refractivity contribution in [2.24, 2.45) is 16.9 Å². The number of nitrogens with two attached hydrogens (primary N) is 2. The number of allylic oxidation sites excluding steroid dienone is 8. The van der Waals surface area contributed by atoms with Crippen molar-refractivity contribution in [2.75, 3.05) is 33.0 Å². The fourth-order valence-electron chi connectivity index (χ4n) is 13.7. The Bertz CT molecular complexity index is 4140. The standard InChI is InChI=1S/C76H111N8O37P/c1-35(2)15-14-17-36(3)18-19-38(5)22-26-75(9,10)25-13-12-16-37(4)23-28-109-48(68(100)101)33-111-122(106,107)121-73-62(63(120-74(78)102)76(11,103)64(119-73)65(77)99)118-70-50(80-41(8)89)53(93)60(47(114-70)32-110-71-57(97)54(94)51(91)46(31-86)113-71)116-69-49(79-40(7)88)52(92)59(39(6)112-69)115-72-58(98)55(95)56(96)61(117-72)67-81-66(45(90)24-27-108-34-87)82-83(67)44-21-20-43(84(104)105)29-42(44)30-85/h13,15,18,20-21,23,25,29-30,34,39,46-64,69-73,86,91-98,103H,5,12,14,16-17,19,22,24,26-28,31-33H2,1-4,6-11H3,(H2,77,99)(H2,78,102)(H,79,88)(H,80,89)(H,100,101)(H,106,107)/b25-13+,36-18+,37-23+. The van der Waals surface area contributed by atoms with Gasteiger partial charge in [0, 0.05) is 38.0 Å². The number of carbonyl (C=O) groups is 8. The van der Waals surface area contributed by atoms with Gasteiger partial charge in [-0.2, -0.15) is 0 Å². The summed E-state index contributed by atoms with van der Waals surface area (Å²) in [5, 5.41) is 145. The number of rotatable bonds is 44. The molecule has 27 unspecified atom stereocenters. The second-order valence-corrected chi connectivity index (χ2v) is 32.5. The number of amides is 4. The Morgan fingerprint density at radius 1 is 0.762 bits per heavy atom. The van der Waals surface area contributed by atoms with Crippen molar-refractivity contribution in [1.29, 1.82) is 0 Å². The molecule has 0 spiro atoms. The minimum atomic E-state index is -5.89. The largest absolute Gasteiger partial charge is 0.479 e. The number of Topliss-reactive ketones (excluding diaryl/α,β-unsaturated/α-hetero) is 1. The summed E-state index contributed by atoms with van der Waals surface area (Å²) in [4.78, 5) is 129. The fraction of sp³-hybridized carbons (Fsp3) is 0.658. The summed E-state index contributed by atoms with van der Waals surface area (Å²) in [6.45, 7) is 16.1. The number of nitro groups is 1. The highest BCUT2D eigenvalue weighted by molar-refractivity contribution is 7.47. The van der Waals surface area contributed by atoms with Crippen LogP contribution in [0.5, 0.6) is 0 Å². The summed E-state index contributed by atoms with van der Waals surface area (Å²) in [5.74, 6) is -7.55. The molecule has 27 atom stereocenters. The van der Waals surface area contributed by atoms with Crippen LogP contribution >= 0.6 is 7.82 Å². The molecule has 682 valence electrons. The number of aldehydes is 1. The predicted octanol–water partition coefficient (Wildman–Crippen LogP) is -0.856. The number of ketones is 1. The van der Waals surface area contributed by atoms with Gasteiger partial charge in [0.25, 0.3) is 12.2 Å².